The molecule has 74 valence electrons. The van der Waals surface area contributed by atoms with Gasteiger partial charge < -0.3 is 4.74 Å². The fraction of sp³-hybridized carbons (Fsp3) is 0.375. The van der Waals surface area contributed by atoms with E-state index in [0.717, 1.165) is 0 Å². The summed E-state index contributed by atoms with van der Waals surface area (Å²) in [5.74, 6) is 0. The van der Waals surface area contributed by atoms with Crippen molar-refractivity contribution >= 4 is 17.7 Å². The van der Waals surface area contributed by atoms with Gasteiger partial charge in [-0.25, -0.2) is 9.78 Å². The highest BCUT2D eigenvalue weighted by molar-refractivity contribution is 6.29. The fourth-order valence-corrected chi connectivity index (χ4v) is 1.28. The quantitative estimate of drug-likeness (QED) is 0.738. The number of nitrogens with zero attached hydrogens (tertiary/aromatic N) is 3. The van der Waals surface area contributed by atoms with Crippen molar-refractivity contribution < 1.29 is 9.53 Å². The van der Waals surface area contributed by atoms with Gasteiger partial charge in [0.1, 0.15) is 11.8 Å². The molecule has 2 rings (SSSR count). The summed E-state index contributed by atoms with van der Waals surface area (Å²) in [7, 11) is 0. The Labute approximate surface area is 85.7 Å². The topological polar surface area (TPSA) is 55.3 Å². The van der Waals surface area contributed by atoms with E-state index < -0.39 is 0 Å². The largest absolute Gasteiger partial charge is 0.448 e. The number of cyclic esters (lactones) is 1. The predicted molar refractivity (Wildman–Crippen MR) is 48.8 cm³/mol. The van der Waals surface area contributed by atoms with E-state index in [4.69, 9.17) is 16.3 Å². The molecule has 1 aromatic rings. The molecule has 14 heavy (non-hydrogen) atoms. The van der Waals surface area contributed by atoms with Gasteiger partial charge in [-0.3, -0.25) is 9.88 Å². The molecule has 0 radical (unpaired) electrons. The van der Waals surface area contributed by atoms with Crippen molar-refractivity contribution in [3.8, 4) is 0 Å². The molecule has 2 heterocycles. The van der Waals surface area contributed by atoms with Crippen molar-refractivity contribution in [3.05, 3.63) is 23.2 Å². The summed E-state index contributed by atoms with van der Waals surface area (Å²) in [5.41, 5.74) is 0.702. The van der Waals surface area contributed by atoms with E-state index in [1.807, 2.05) is 0 Å². The highest BCUT2D eigenvalue weighted by Gasteiger charge is 2.22. The first kappa shape index (κ1) is 9.21. The third-order valence-corrected chi connectivity index (χ3v) is 2.07. The molecule has 1 saturated heterocycles. The summed E-state index contributed by atoms with van der Waals surface area (Å²) in [6.07, 6.45) is 2.70. The van der Waals surface area contributed by atoms with Crippen LogP contribution in [0.4, 0.5) is 4.79 Å². The number of carbonyl (C=O) groups is 1. The molecule has 0 spiro atoms. The smallest absolute Gasteiger partial charge is 0.410 e. The second kappa shape index (κ2) is 3.79. The summed E-state index contributed by atoms with van der Waals surface area (Å²) >= 11 is 5.58. The molecule has 5 nitrogen and oxygen atoms in total. The van der Waals surface area contributed by atoms with Crippen molar-refractivity contribution in [2.75, 3.05) is 13.2 Å². The zero-order chi connectivity index (χ0) is 9.97. The van der Waals surface area contributed by atoms with E-state index in [1.165, 1.54) is 6.20 Å². The van der Waals surface area contributed by atoms with Crippen molar-refractivity contribution in [1.29, 1.82) is 0 Å². The Morgan fingerprint density at radius 3 is 2.93 bits per heavy atom. The van der Waals surface area contributed by atoms with E-state index in [1.54, 1.807) is 11.1 Å². The van der Waals surface area contributed by atoms with Crippen LogP contribution in [0.1, 0.15) is 5.69 Å². The molecule has 1 aliphatic rings. The summed E-state index contributed by atoms with van der Waals surface area (Å²) in [6, 6.07) is 0. The van der Waals surface area contributed by atoms with Gasteiger partial charge in [-0.05, 0) is 0 Å². The zero-order valence-corrected chi connectivity index (χ0v) is 8.07. The summed E-state index contributed by atoms with van der Waals surface area (Å²) in [6.45, 7) is 1.46. The van der Waals surface area contributed by atoms with E-state index in [-0.39, 0.29) is 6.09 Å². The van der Waals surface area contributed by atoms with Crippen LogP contribution in [0.3, 0.4) is 0 Å². The summed E-state index contributed by atoms with van der Waals surface area (Å²) in [5, 5.41) is 0.345. The molecule has 0 N–H and O–H groups in total. The Bertz CT molecular complexity index is 341. The maximum atomic E-state index is 11.1. The van der Waals surface area contributed by atoms with Crippen LogP contribution in [0.15, 0.2) is 12.4 Å². The standard InChI is InChI=1S/C8H8ClN3O2/c9-7-4-10-6(3-11-7)5-12-1-2-14-8(12)13/h3-4H,1-2,5H2. The van der Waals surface area contributed by atoms with Crippen LogP contribution in [0.2, 0.25) is 5.15 Å². The molecule has 0 atom stereocenters. The monoisotopic (exact) mass is 213 g/mol. The average molecular weight is 214 g/mol. The Hall–Kier alpha value is -1.36. The van der Waals surface area contributed by atoms with Crippen LogP contribution in [0.25, 0.3) is 0 Å². The van der Waals surface area contributed by atoms with Gasteiger partial charge in [0.05, 0.1) is 31.2 Å². The molecule has 0 bridgehead atoms. The van der Waals surface area contributed by atoms with Crippen molar-refractivity contribution in [2.24, 2.45) is 0 Å². The van der Waals surface area contributed by atoms with Gasteiger partial charge in [0.25, 0.3) is 0 Å². The summed E-state index contributed by atoms with van der Waals surface area (Å²) in [4.78, 5) is 20.5. The molecule has 0 saturated carbocycles. The third kappa shape index (κ3) is 1.93. The first-order valence-corrected chi connectivity index (χ1v) is 4.51. The normalized spacial score (nSPS) is 15.8. The number of halogens is 1. The molecule has 1 amide bonds. The minimum Gasteiger partial charge on any atom is -0.448 e. The van der Waals surface area contributed by atoms with E-state index in [0.29, 0.717) is 30.5 Å². The molecular weight excluding hydrogens is 206 g/mol. The van der Waals surface area contributed by atoms with Gasteiger partial charge in [-0.1, -0.05) is 11.6 Å². The average Bonchev–Trinajstić information content (AvgIpc) is 2.56. The van der Waals surface area contributed by atoms with Gasteiger partial charge in [-0.15, -0.1) is 0 Å². The van der Waals surface area contributed by atoms with Crippen LogP contribution in [-0.2, 0) is 11.3 Å². The maximum absolute atomic E-state index is 11.1. The first-order chi connectivity index (χ1) is 6.75. The van der Waals surface area contributed by atoms with Gasteiger partial charge in [0, 0.05) is 0 Å². The number of hydrogen-bond donors (Lipinski definition) is 0. The highest BCUT2D eigenvalue weighted by Crippen LogP contribution is 2.09. The van der Waals surface area contributed by atoms with Crippen LogP contribution in [0.5, 0.6) is 0 Å². The Balaban J connectivity index is 2.03. The number of hydrogen-bond acceptors (Lipinski definition) is 4. The lowest BCUT2D eigenvalue weighted by Crippen LogP contribution is -2.24. The predicted octanol–water partition coefficient (Wildman–Crippen LogP) is 1.08. The lowest BCUT2D eigenvalue weighted by Gasteiger charge is -2.10. The SMILES string of the molecule is O=C1OCCN1Cc1cnc(Cl)cn1. The molecule has 0 aliphatic carbocycles. The molecule has 6 heteroatoms. The lowest BCUT2D eigenvalue weighted by atomic mass is 10.4. The van der Waals surface area contributed by atoms with Gasteiger partial charge >= 0.3 is 6.09 Å². The second-order valence-corrected chi connectivity index (χ2v) is 3.25. The molecule has 1 fully saturated rings. The van der Waals surface area contributed by atoms with Crippen LogP contribution in [0, 0.1) is 0 Å². The Morgan fingerprint density at radius 1 is 1.50 bits per heavy atom. The Morgan fingerprint density at radius 2 is 2.36 bits per heavy atom. The third-order valence-electron chi connectivity index (χ3n) is 1.87. The highest BCUT2D eigenvalue weighted by atomic mass is 35.5. The van der Waals surface area contributed by atoms with Crippen LogP contribution >= 0.6 is 11.6 Å². The number of aromatic nitrogens is 2. The number of amides is 1. The van der Waals surface area contributed by atoms with Crippen molar-refractivity contribution in [3.63, 3.8) is 0 Å². The maximum Gasteiger partial charge on any atom is 0.410 e. The fourth-order valence-electron chi connectivity index (χ4n) is 1.19. The lowest BCUT2D eigenvalue weighted by molar-refractivity contribution is 0.157. The zero-order valence-electron chi connectivity index (χ0n) is 7.31. The van der Waals surface area contributed by atoms with E-state index in [9.17, 15) is 4.79 Å². The Kier molecular flexibility index (Phi) is 2.49. The van der Waals surface area contributed by atoms with Crippen molar-refractivity contribution in [1.82, 2.24) is 14.9 Å². The molecular formula is C8H8ClN3O2. The number of rotatable bonds is 2. The molecule has 0 aromatic carbocycles. The molecule has 1 aliphatic heterocycles. The summed E-state index contributed by atoms with van der Waals surface area (Å²) < 4.78 is 4.77. The molecule has 0 unspecified atom stereocenters. The molecule has 1 aromatic heterocycles. The van der Waals surface area contributed by atoms with Gasteiger partial charge in [0.15, 0.2) is 0 Å². The number of carbonyl (C=O) groups excluding carboxylic acids is 1. The first-order valence-electron chi connectivity index (χ1n) is 4.14. The van der Waals surface area contributed by atoms with Crippen LogP contribution in [-0.4, -0.2) is 34.1 Å². The minimum absolute atomic E-state index is 0.304. The van der Waals surface area contributed by atoms with Crippen LogP contribution < -0.4 is 0 Å². The van der Waals surface area contributed by atoms with Crippen molar-refractivity contribution in [2.45, 2.75) is 6.54 Å². The van der Waals surface area contributed by atoms with E-state index >= 15 is 0 Å². The van der Waals surface area contributed by atoms with Gasteiger partial charge in [0.2, 0.25) is 0 Å². The second-order valence-electron chi connectivity index (χ2n) is 2.87. The van der Waals surface area contributed by atoms with Gasteiger partial charge in [-0.2, -0.15) is 0 Å². The minimum atomic E-state index is -0.304. The number of ether oxygens (including phenoxy) is 1. The van der Waals surface area contributed by atoms with E-state index in [2.05, 4.69) is 9.97 Å².